The van der Waals surface area contributed by atoms with Crippen LogP contribution >= 0.6 is 11.6 Å². The Balaban J connectivity index is 1.97. The van der Waals surface area contributed by atoms with Gasteiger partial charge < -0.3 is 5.32 Å². The van der Waals surface area contributed by atoms with E-state index < -0.39 is 0 Å². The first-order chi connectivity index (χ1) is 6.31. The molecule has 1 aliphatic heterocycles. The standard InChI is InChI=1S/C11H12ClN/c12-10-3-1-8(2-4-10)11-5-9(11)6-13-7-11/h1-4,9,13H,5-7H2/t9-,11+/m1/s1. The summed E-state index contributed by atoms with van der Waals surface area (Å²) in [6.45, 7) is 2.35. The average molecular weight is 194 g/mol. The minimum atomic E-state index is 0.477. The molecule has 0 radical (unpaired) electrons. The van der Waals surface area contributed by atoms with Crippen LogP contribution in [0.4, 0.5) is 0 Å². The Hall–Kier alpha value is -0.530. The Labute approximate surface area is 83.1 Å². The number of fused-ring (bicyclic) bond motifs is 1. The van der Waals surface area contributed by atoms with E-state index in [4.69, 9.17) is 11.6 Å². The van der Waals surface area contributed by atoms with E-state index in [1.165, 1.54) is 18.5 Å². The van der Waals surface area contributed by atoms with Gasteiger partial charge in [-0.2, -0.15) is 0 Å². The van der Waals surface area contributed by atoms with Gasteiger partial charge in [-0.3, -0.25) is 0 Å². The third-order valence-electron chi connectivity index (χ3n) is 3.48. The topological polar surface area (TPSA) is 12.0 Å². The second kappa shape index (κ2) is 2.49. The van der Waals surface area contributed by atoms with Crippen LogP contribution in [-0.2, 0) is 5.41 Å². The van der Waals surface area contributed by atoms with E-state index >= 15 is 0 Å². The number of halogens is 1. The van der Waals surface area contributed by atoms with Gasteiger partial charge in [-0.15, -0.1) is 0 Å². The number of piperidine rings is 1. The van der Waals surface area contributed by atoms with Crippen LogP contribution in [0.5, 0.6) is 0 Å². The summed E-state index contributed by atoms with van der Waals surface area (Å²) in [5, 5.41) is 4.28. The highest BCUT2D eigenvalue weighted by atomic mass is 35.5. The molecule has 3 rings (SSSR count). The molecule has 2 aliphatic rings. The Morgan fingerprint density at radius 2 is 2.08 bits per heavy atom. The molecule has 1 N–H and O–H groups in total. The maximum absolute atomic E-state index is 5.86. The zero-order valence-electron chi connectivity index (χ0n) is 7.39. The lowest BCUT2D eigenvalue weighted by atomic mass is 9.95. The molecule has 1 aromatic rings. The number of benzene rings is 1. The first kappa shape index (κ1) is 7.84. The lowest BCUT2D eigenvalue weighted by Crippen LogP contribution is -2.18. The maximum atomic E-state index is 5.86. The van der Waals surface area contributed by atoms with Crippen LogP contribution in [0, 0.1) is 5.92 Å². The zero-order valence-corrected chi connectivity index (χ0v) is 8.14. The van der Waals surface area contributed by atoms with Crippen LogP contribution in [0.3, 0.4) is 0 Å². The summed E-state index contributed by atoms with van der Waals surface area (Å²) < 4.78 is 0. The molecular weight excluding hydrogens is 182 g/mol. The van der Waals surface area contributed by atoms with Crippen molar-refractivity contribution in [3.8, 4) is 0 Å². The van der Waals surface area contributed by atoms with Crippen LogP contribution in [0.25, 0.3) is 0 Å². The van der Waals surface area contributed by atoms with Gasteiger partial charge in [0, 0.05) is 17.0 Å². The molecule has 1 saturated carbocycles. The van der Waals surface area contributed by atoms with Gasteiger partial charge in [-0.1, -0.05) is 23.7 Å². The van der Waals surface area contributed by atoms with Gasteiger partial charge in [-0.05, 0) is 36.6 Å². The molecule has 1 nitrogen and oxygen atoms in total. The fraction of sp³-hybridized carbons (Fsp3) is 0.455. The molecule has 0 unspecified atom stereocenters. The quantitative estimate of drug-likeness (QED) is 0.721. The summed E-state index contributed by atoms with van der Waals surface area (Å²) >= 11 is 5.86. The van der Waals surface area contributed by atoms with Gasteiger partial charge in [0.15, 0.2) is 0 Å². The van der Waals surface area contributed by atoms with Crippen LogP contribution in [0.2, 0.25) is 5.02 Å². The van der Waals surface area contributed by atoms with Gasteiger partial charge in [0.1, 0.15) is 0 Å². The van der Waals surface area contributed by atoms with E-state index in [1.54, 1.807) is 0 Å². The van der Waals surface area contributed by atoms with Crippen molar-refractivity contribution in [1.82, 2.24) is 5.32 Å². The third-order valence-corrected chi connectivity index (χ3v) is 3.73. The number of hydrogen-bond donors (Lipinski definition) is 1. The molecule has 2 fully saturated rings. The van der Waals surface area contributed by atoms with Crippen molar-refractivity contribution in [3.63, 3.8) is 0 Å². The highest BCUT2D eigenvalue weighted by Gasteiger charge is 2.57. The van der Waals surface area contributed by atoms with Crippen molar-refractivity contribution in [2.75, 3.05) is 13.1 Å². The Bertz CT molecular complexity index is 332. The van der Waals surface area contributed by atoms with E-state index in [2.05, 4.69) is 17.4 Å². The lowest BCUT2D eigenvalue weighted by Gasteiger charge is -2.11. The zero-order chi connectivity index (χ0) is 8.89. The minimum absolute atomic E-state index is 0.477. The smallest absolute Gasteiger partial charge is 0.0406 e. The number of hydrogen-bond acceptors (Lipinski definition) is 1. The molecule has 1 heterocycles. The highest BCUT2D eigenvalue weighted by molar-refractivity contribution is 6.30. The Morgan fingerprint density at radius 3 is 2.62 bits per heavy atom. The Kier molecular flexibility index (Phi) is 1.50. The fourth-order valence-corrected chi connectivity index (χ4v) is 2.70. The average Bonchev–Trinajstić information content (AvgIpc) is 2.71. The molecular formula is C11H12ClN. The highest BCUT2D eigenvalue weighted by Crippen LogP contribution is 2.56. The number of rotatable bonds is 1. The van der Waals surface area contributed by atoms with Gasteiger partial charge >= 0.3 is 0 Å². The predicted octanol–water partition coefficient (Wildman–Crippen LogP) is 2.20. The van der Waals surface area contributed by atoms with Gasteiger partial charge in [0.25, 0.3) is 0 Å². The molecule has 1 saturated heterocycles. The summed E-state index contributed by atoms with van der Waals surface area (Å²) in [4.78, 5) is 0. The lowest BCUT2D eigenvalue weighted by molar-refractivity contribution is 0.676. The first-order valence-electron chi connectivity index (χ1n) is 4.78. The SMILES string of the molecule is Clc1ccc([C@]23CNC[C@H]2C3)cc1. The first-order valence-corrected chi connectivity index (χ1v) is 5.16. The largest absolute Gasteiger partial charge is 0.316 e. The van der Waals surface area contributed by atoms with Crippen molar-refractivity contribution >= 4 is 11.6 Å². The van der Waals surface area contributed by atoms with E-state index in [0.29, 0.717) is 5.41 Å². The summed E-state index contributed by atoms with van der Waals surface area (Å²) in [6, 6.07) is 8.35. The summed E-state index contributed by atoms with van der Waals surface area (Å²) in [6.07, 6.45) is 1.36. The fourth-order valence-electron chi connectivity index (χ4n) is 2.57. The van der Waals surface area contributed by atoms with Crippen molar-refractivity contribution < 1.29 is 0 Å². The van der Waals surface area contributed by atoms with Crippen molar-refractivity contribution in [3.05, 3.63) is 34.9 Å². The Morgan fingerprint density at radius 1 is 1.31 bits per heavy atom. The van der Waals surface area contributed by atoms with Crippen LogP contribution in [0.1, 0.15) is 12.0 Å². The molecule has 0 spiro atoms. The van der Waals surface area contributed by atoms with Crippen LogP contribution in [-0.4, -0.2) is 13.1 Å². The van der Waals surface area contributed by atoms with Crippen molar-refractivity contribution in [1.29, 1.82) is 0 Å². The van der Waals surface area contributed by atoms with E-state index in [1.807, 2.05) is 12.1 Å². The van der Waals surface area contributed by atoms with E-state index in [0.717, 1.165) is 17.5 Å². The molecule has 13 heavy (non-hydrogen) atoms. The molecule has 1 aliphatic carbocycles. The maximum Gasteiger partial charge on any atom is 0.0406 e. The minimum Gasteiger partial charge on any atom is -0.316 e. The summed E-state index contributed by atoms with van der Waals surface area (Å²) in [5.74, 6) is 0.883. The van der Waals surface area contributed by atoms with Crippen LogP contribution < -0.4 is 5.32 Å². The van der Waals surface area contributed by atoms with Crippen molar-refractivity contribution in [2.45, 2.75) is 11.8 Å². The van der Waals surface area contributed by atoms with E-state index in [9.17, 15) is 0 Å². The molecule has 2 heteroatoms. The van der Waals surface area contributed by atoms with Gasteiger partial charge in [0.2, 0.25) is 0 Å². The summed E-state index contributed by atoms with van der Waals surface area (Å²) in [5.41, 5.74) is 1.94. The molecule has 0 aromatic heterocycles. The molecule has 0 bridgehead atoms. The molecule has 2 atom stereocenters. The van der Waals surface area contributed by atoms with Gasteiger partial charge in [0.05, 0.1) is 0 Å². The van der Waals surface area contributed by atoms with Crippen molar-refractivity contribution in [2.24, 2.45) is 5.92 Å². The monoisotopic (exact) mass is 193 g/mol. The molecule has 1 aromatic carbocycles. The number of nitrogens with one attached hydrogen (secondary N) is 1. The normalized spacial score (nSPS) is 35.9. The summed E-state index contributed by atoms with van der Waals surface area (Å²) in [7, 11) is 0. The second-order valence-corrected chi connectivity index (χ2v) is 4.63. The second-order valence-electron chi connectivity index (χ2n) is 4.19. The third kappa shape index (κ3) is 1.04. The molecule has 0 amide bonds. The predicted molar refractivity (Wildman–Crippen MR) is 54.1 cm³/mol. The van der Waals surface area contributed by atoms with Gasteiger partial charge in [-0.25, -0.2) is 0 Å². The molecule has 68 valence electrons. The van der Waals surface area contributed by atoms with E-state index in [-0.39, 0.29) is 0 Å². The van der Waals surface area contributed by atoms with Crippen LogP contribution in [0.15, 0.2) is 24.3 Å².